The fourth-order valence-corrected chi connectivity index (χ4v) is 4.60. The van der Waals surface area contributed by atoms with E-state index >= 15 is 0 Å². The molecule has 3 atom stereocenters. The van der Waals surface area contributed by atoms with Crippen LogP contribution in [0.2, 0.25) is 0 Å². The summed E-state index contributed by atoms with van der Waals surface area (Å²) in [6, 6.07) is 14.1. The molecule has 31 heavy (non-hydrogen) atoms. The molecular weight excluding hydrogens is 395 g/mol. The van der Waals surface area contributed by atoms with Gasteiger partial charge >= 0.3 is 0 Å². The third-order valence-electron chi connectivity index (χ3n) is 6.53. The molecule has 2 aliphatic rings. The number of aromatic nitrogens is 1. The second kappa shape index (κ2) is 7.81. The Hall–Kier alpha value is -3.19. The Morgan fingerprint density at radius 2 is 1.90 bits per heavy atom. The average molecular weight is 420 g/mol. The lowest BCUT2D eigenvalue weighted by Gasteiger charge is -2.26. The third kappa shape index (κ3) is 3.81. The smallest absolute Gasteiger partial charge is 0.241 e. The van der Waals surface area contributed by atoms with E-state index in [2.05, 4.69) is 20.5 Å². The Morgan fingerprint density at radius 3 is 2.61 bits per heavy atom. The molecule has 1 aromatic heterocycles. The van der Waals surface area contributed by atoms with Crippen LogP contribution in [0.1, 0.15) is 6.92 Å². The Bertz CT molecular complexity index is 1110. The topological polar surface area (TPSA) is 66.5 Å². The highest BCUT2D eigenvalue weighted by Crippen LogP contribution is 2.48. The summed E-state index contributed by atoms with van der Waals surface area (Å²) < 4.78 is 18.9. The van der Waals surface area contributed by atoms with Gasteiger partial charge in [0.25, 0.3) is 0 Å². The molecule has 1 amide bonds. The summed E-state index contributed by atoms with van der Waals surface area (Å²) in [7, 11) is 1.62. The Morgan fingerprint density at radius 1 is 1.16 bits per heavy atom. The molecule has 160 valence electrons. The number of nitrogens with one attached hydrogen (secondary N) is 2. The fourth-order valence-electron chi connectivity index (χ4n) is 4.60. The highest BCUT2D eigenvalue weighted by Gasteiger charge is 2.56. The van der Waals surface area contributed by atoms with Gasteiger partial charge in [0.2, 0.25) is 5.91 Å². The van der Waals surface area contributed by atoms with Gasteiger partial charge in [0.05, 0.1) is 18.7 Å². The molecule has 5 rings (SSSR count). The number of amides is 1. The van der Waals surface area contributed by atoms with Crippen LogP contribution in [0.5, 0.6) is 5.75 Å². The monoisotopic (exact) mass is 420 g/mol. The maximum atomic E-state index is 13.7. The number of nitrogens with zero attached hydrogens (tertiary/aromatic N) is 2. The van der Waals surface area contributed by atoms with E-state index in [0.29, 0.717) is 17.9 Å². The number of hydrogen-bond donors (Lipinski definition) is 2. The van der Waals surface area contributed by atoms with Gasteiger partial charge in [0, 0.05) is 42.1 Å². The van der Waals surface area contributed by atoms with E-state index in [9.17, 15) is 9.18 Å². The number of anilines is 2. The second-order valence-corrected chi connectivity index (χ2v) is 8.37. The van der Waals surface area contributed by atoms with E-state index in [0.717, 1.165) is 41.1 Å². The molecule has 7 heteroatoms. The summed E-state index contributed by atoms with van der Waals surface area (Å²) in [5.74, 6) is 1.48. The van der Waals surface area contributed by atoms with Crippen molar-refractivity contribution >= 4 is 28.2 Å². The molecule has 0 radical (unpaired) electrons. The Labute approximate surface area is 180 Å². The van der Waals surface area contributed by atoms with Crippen LogP contribution in [0, 0.1) is 17.7 Å². The van der Waals surface area contributed by atoms with Crippen molar-refractivity contribution in [2.75, 3.05) is 30.8 Å². The first kappa shape index (κ1) is 19.8. The maximum Gasteiger partial charge on any atom is 0.241 e. The van der Waals surface area contributed by atoms with Crippen molar-refractivity contribution < 1.29 is 13.9 Å². The quantitative estimate of drug-likeness (QED) is 0.636. The molecule has 2 fully saturated rings. The van der Waals surface area contributed by atoms with Crippen LogP contribution in [-0.2, 0) is 4.79 Å². The van der Waals surface area contributed by atoms with E-state index in [4.69, 9.17) is 4.74 Å². The first-order valence-corrected chi connectivity index (χ1v) is 10.5. The highest BCUT2D eigenvalue weighted by molar-refractivity contribution is 5.94. The molecule has 1 saturated heterocycles. The zero-order chi connectivity index (χ0) is 21.5. The summed E-state index contributed by atoms with van der Waals surface area (Å²) in [6.45, 7) is 3.69. The number of methoxy groups -OCH3 is 1. The molecule has 2 heterocycles. The molecule has 0 bridgehead atoms. The number of carbonyl (C=O) groups is 1. The predicted molar refractivity (Wildman–Crippen MR) is 119 cm³/mol. The van der Waals surface area contributed by atoms with E-state index in [-0.39, 0.29) is 17.8 Å². The summed E-state index contributed by atoms with van der Waals surface area (Å²) in [5, 5.41) is 7.37. The number of halogens is 1. The van der Waals surface area contributed by atoms with Gasteiger partial charge in [-0.25, -0.2) is 4.39 Å². The lowest BCUT2D eigenvalue weighted by atomic mass is 10.1. The van der Waals surface area contributed by atoms with Gasteiger partial charge in [-0.3, -0.25) is 14.7 Å². The van der Waals surface area contributed by atoms with E-state index in [1.54, 1.807) is 19.4 Å². The van der Waals surface area contributed by atoms with Crippen LogP contribution >= 0.6 is 0 Å². The number of benzene rings is 2. The Kier molecular flexibility index (Phi) is 4.98. The molecule has 0 spiro atoms. The second-order valence-electron chi connectivity index (χ2n) is 8.37. The molecule has 1 aliphatic carbocycles. The van der Waals surface area contributed by atoms with Crippen molar-refractivity contribution in [1.82, 2.24) is 9.88 Å². The van der Waals surface area contributed by atoms with Crippen molar-refractivity contribution in [3.8, 4) is 5.75 Å². The zero-order valence-corrected chi connectivity index (χ0v) is 17.5. The minimum Gasteiger partial charge on any atom is -0.497 e. The maximum absolute atomic E-state index is 13.7. The van der Waals surface area contributed by atoms with Gasteiger partial charge in [0.15, 0.2) is 0 Å². The van der Waals surface area contributed by atoms with Gasteiger partial charge in [-0.2, -0.15) is 0 Å². The van der Waals surface area contributed by atoms with Gasteiger partial charge in [-0.1, -0.05) is 0 Å². The van der Waals surface area contributed by atoms with E-state index < -0.39 is 0 Å². The van der Waals surface area contributed by atoms with Crippen molar-refractivity contribution in [3.63, 3.8) is 0 Å². The normalized spacial score (nSPS) is 23.3. The first-order chi connectivity index (χ1) is 15.0. The number of pyridine rings is 1. The molecular formula is C24H25FN4O2. The van der Waals surface area contributed by atoms with Crippen molar-refractivity contribution in [3.05, 3.63) is 60.5 Å². The van der Waals surface area contributed by atoms with Crippen LogP contribution < -0.4 is 15.4 Å². The number of carbonyl (C=O) groups excluding carboxylic acids is 1. The highest BCUT2D eigenvalue weighted by atomic mass is 19.1. The van der Waals surface area contributed by atoms with Crippen molar-refractivity contribution in [1.29, 1.82) is 0 Å². The van der Waals surface area contributed by atoms with Crippen molar-refractivity contribution in [2.24, 2.45) is 11.8 Å². The standard InChI is InChI=1S/C24H25FN4O2/c1-14(24(30)27-16-4-6-17(31-2)7-5-16)29-12-19-20(13-29)23(19)28-22-9-10-26-21-8-3-15(25)11-18(21)22/h3-11,14,19-20,23H,12-13H2,1-2H3,(H,26,28)(H,27,30). The minimum atomic E-state index is -0.262. The number of ether oxygens (including phenoxy) is 1. The largest absolute Gasteiger partial charge is 0.497 e. The summed E-state index contributed by atoms with van der Waals surface area (Å²) in [4.78, 5) is 19.2. The molecule has 1 aliphatic heterocycles. The van der Waals surface area contributed by atoms with Crippen LogP contribution in [0.4, 0.5) is 15.8 Å². The summed E-state index contributed by atoms with van der Waals surface area (Å²) >= 11 is 0. The number of likely N-dealkylation sites (tertiary alicyclic amines) is 1. The Balaban J connectivity index is 1.18. The molecule has 6 nitrogen and oxygen atoms in total. The number of piperidine rings is 1. The van der Waals surface area contributed by atoms with Gasteiger partial charge in [-0.05, 0) is 67.3 Å². The number of hydrogen-bond acceptors (Lipinski definition) is 5. The minimum absolute atomic E-state index is 0.00780. The van der Waals surface area contributed by atoms with Crippen LogP contribution in [0.3, 0.4) is 0 Å². The van der Waals surface area contributed by atoms with Crippen LogP contribution in [0.25, 0.3) is 10.9 Å². The molecule has 1 saturated carbocycles. The van der Waals surface area contributed by atoms with Gasteiger partial charge in [0.1, 0.15) is 11.6 Å². The molecule has 2 aromatic carbocycles. The van der Waals surface area contributed by atoms with E-state index in [1.807, 2.05) is 37.3 Å². The molecule has 3 unspecified atom stereocenters. The van der Waals surface area contributed by atoms with Crippen LogP contribution in [-0.4, -0.2) is 48.1 Å². The number of rotatable bonds is 6. The van der Waals surface area contributed by atoms with Gasteiger partial charge < -0.3 is 15.4 Å². The van der Waals surface area contributed by atoms with Gasteiger partial charge in [-0.15, -0.1) is 0 Å². The summed E-state index contributed by atoms with van der Waals surface area (Å²) in [6.07, 6.45) is 1.75. The third-order valence-corrected chi connectivity index (χ3v) is 6.53. The van der Waals surface area contributed by atoms with E-state index in [1.165, 1.54) is 12.1 Å². The SMILES string of the molecule is COc1ccc(NC(=O)C(C)N2CC3C(C2)C3Nc2ccnc3ccc(F)cc23)cc1. The summed E-state index contributed by atoms with van der Waals surface area (Å²) in [5.41, 5.74) is 2.46. The lowest BCUT2D eigenvalue weighted by Crippen LogP contribution is -2.43. The number of fused-ring (bicyclic) bond motifs is 2. The first-order valence-electron chi connectivity index (χ1n) is 10.5. The molecule has 2 N–H and O–H groups in total. The molecule has 3 aromatic rings. The predicted octanol–water partition coefficient (Wildman–Crippen LogP) is 3.75. The zero-order valence-electron chi connectivity index (χ0n) is 17.5. The average Bonchev–Trinajstić information content (AvgIpc) is 3.21. The fraction of sp³-hybridized carbons (Fsp3) is 0.333. The lowest BCUT2D eigenvalue weighted by molar-refractivity contribution is -0.120. The van der Waals surface area contributed by atoms with Crippen LogP contribution in [0.15, 0.2) is 54.7 Å². The van der Waals surface area contributed by atoms with Crippen molar-refractivity contribution in [2.45, 2.75) is 19.0 Å².